The molecular weight excluding hydrogens is 1640 g/mol. The summed E-state index contributed by atoms with van der Waals surface area (Å²) in [6, 6.07) is 26.9. The van der Waals surface area contributed by atoms with Crippen LogP contribution in [0, 0.1) is 0 Å². The summed E-state index contributed by atoms with van der Waals surface area (Å²) in [4.78, 5) is 107. The number of aromatic nitrogens is 12. The van der Waals surface area contributed by atoms with E-state index in [-0.39, 0.29) is 63.3 Å². The largest absolute Gasteiger partial charge is 0.388 e. The first-order valence-corrected chi connectivity index (χ1v) is 48.2. The minimum atomic E-state index is -3.35. The van der Waals surface area contributed by atoms with E-state index in [0.717, 1.165) is 107 Å². The van der Waals surface area contributed by atoms with Crippen molar-refractivity contribution >= 4 is 108 Å². The van der Waals surface area contributed by atoms with Crippen LogP contribution in [0.15, 0.2) is 166 Å². The Morgan fingerprint density at radius 3 is 1.16 bits per heavy atom. The van der Waals surface area contributed by atoms with Gasteiger partial charge in [-0.2, -0.15) is 0 Å². The van der Waals surface area contributed by atoms with Gasteiger partial charge in [0.05, 0.1) is 116 Å². The van der Waals surface area contributed by atoms with Gasteiger partial charge < -0.3 is 50.4 Å². The highest BCUT2D eigenvalue weighted by molar-refractivity contribution is 7.92. The molecule has 0 bridgehead atoms. The molecule has 0 radical (unpaired) electrons. The van der Waals surface area contributed by atoms with Crippen LogP contribution in [-0.2, 0) is 39.3 Å². The molecule has 3 saturated carbocycles. The second-order valence-corrected chi connectivity index (χ2v) is 43.0. The van der Waals surface area contributed by atoms with E-state index in [1.54, 1.807) is 202 Å². The molecule has 4 fully saturated rings. The average molecular weight is 1750 g/mol. The van der Waals surface area contributed by atoms with Crippen molar-refractivity contribution in [1.82, 2.24) is 85.1 Å². The third-order valence-corrected chi connectivity index (χ3v) is 32.0. The van der Waals surface area contributed by atoms with Gasteiger partial charge in [0, 0.05) is 93.3 Å². The molecule has 12 aromatic rings. The van der Waals surface area contributed by atoms with Crippen LogP contribution in [0.5, 0.6) is 0 Å². The fraction of sp³-hybridized carbons (Fsp3) is 0.416. The Morgan fingerprint density at radius 2 is 0.797 bits per heavy atom. The standard InChI is InChI=1S/C24H30N4O3S.C23H28N4O4S.C22H27N5O3S.C20H22N4O3S.H2/c1-4-28(18-8-6-5-7-9-18)24(29)20-14-25-23-22(20)27-21(15-26-23)17-10-12-19(13-11-17)32(30,31)16(2)3;1-15(2)32(30,31)17-8-6-16(7-9-17)19-13-25-21-20(27-19)18(12-24-21)22(28)26-14-23(29)10-4-3-5-11-23;1-15(2)31(29,30)17-7-5-16(6-8-17)19-14-24-21-20(25-19)18(13-23-21)22(28)27-10-4-9-26(3)11-12-27;1-12(2)28(26,27)15-8-6-13(7-9-15)17-11-22-19-18(24-17)16(10-21-19)20(25)23-14-4-3-5-14;/h10-16,18H,4-9H2,1-3H3,(H,25,26);6-9,12-13,15,29H,3-5,10-11,14H2,1-2H3,(H,24,25)(H,26,28);5-8,13-15H,4,9-12H2,1-3H3,(H,23,24);6-12,14H,3-5H2,1-2H3,(H,21,22)(H,23,25);1H. The zero-order chi connectivity index (χ0) is 87.9. The number of sulfone groups is 4. The first-order valence-electron chi connectivity index (χ1n) is 42.0. The van der Waals surface area contributed by atoms with Crippen molar-refractivity contribution in [3.63, 3.8) is 0 Å². The SMILES string of the molecule is CC(C)S(=O)(=O)c1ccc(-c2cnc3[nH]cc(C(=O)N4CCCN(C)CC4)c3n2)cc1.CC(C)S(=O)(=O)c1ccc(-c2cnc3[nH]cc(C(=O)NC4CCC4)c3n2)cc1.CC(C)S(=O)(=O)c1ccc(-c2cnc3[nH]cc(C(=O)NCC4(O)CCCCC4)c3n2)cc1.CCN(C(=O)c1c[nH]c2ncc(-c3ccc(S(=O)(=O)C(C)C)cc3)nc12)C1CCCCC1.[HH]. The Labute approximate surface area is 718 Å². The Kier molecular flexibility index (Phi) is 27.7. The molecule has 4 aromatic carbocycles. The Balaban J connectivity index is 0.000000151. The monoisotopic (exact) mass is 1750 g/mol. The summed E-state index contributed by atoms with van der Waals surface area (Å²) in [7, 11) is -11.3. The van der Waals surface area contributed by atoms with Gasteiger partial charge in [0.2, 0.25) is 0 Å². The number of amides is 4. The number of aromatic amines is 4. The first kappa shape index (κ1) is 89.7. The zero-order valence-corrected chi connectivity index (χ0v) is 74.1. The van der Waals surface area contributed by atoms with E-state index >= 15 is 0 Å². The fourth-order valence-electron chi connectivity index (χ4n) is 15.2. The number of carbonyl (C=O) groups excluding carboxylic acids is 4. The van der Waals surface area contributed by atoms with Crippen molar-refractivity contribution in [2.45, 2.75) is 210 Å². The van der Waals surface area contributed by atoms with Crippen molar-refractivity contribution in [1.29, 1.82) is 0 Å². The highest BCUT2D eigenvalue weighted by Gasteiger charge is 2.33. The maximum atomic E-state index is 13.4. The molecule has 16 rings (SSSR count). The second-order valence-electron chi connectivity index (χ2n) is 33.0. The van der Waals surface area contributed by atoms with Gasteiger partial charge in [0.15, 0.2) is 61.9 Å². The topological polar surface area (TPSA) is 425 Å². The Hall–Kier alpha value is -11.0. The molecule has 652 valence electrons. The van der Waals surface area contributed by atoms with Crippen LogP contribution in [0.25, 0.3) is 89.7 Å². The number of rotatable bonds is 21. The number of hydrogen-bond donors (Lipinski definition) is 7. The lowest BCUT2D eigenvalue weighted by atomic mass is 9.85. The van der Waals surface area contributed by atoms with Crippen molar-refractivity contribution in [2.24, 2.45) is 0 Å². The summed E-state index contributed by atoms with van der Waals surface area (Å²) >= 11 is 0. The zero-order valence-electron chi connectivity index (χ0n) is 70.9. The summed E-state index contributed by atoms with van der Waals surface area (Å²) in [5, 5.41) is 14.5. The number of likely N-dealkylation sites (N-methyl/N-ethyl adjacent to an activating group) is 1. The second kappa shape index (κ2) is 38.0. The van der Waals surface area contributed by atoms with Gasteiger partial charge in [-0.3, -0.25) is 19.2 Å². The van der Waals surface area contributed by atoms with E-state index in [0.29, 0.717) is 121 Å². The van der Waals surface area contributed by atoms with Crippen molar-refractivity contribution in [2.75, 3.05) is 46.3 Å². The predicted molar refractivity (Wildman–Crippen MR) is 476 cm³/mol. The number of fused-ring (bicyclic) bond motifs is 4. The number of carbonyl (C=O) groups is 4. The average Bonchev–Trinajstić information content (AvgIpc) is 1.67. The molecule has 0 unspecified atom stereocenters. The molecule has 0 atom stereocenters. The van der Waals surface area contributed by atoms with Crippen LogP contribution < -0.4 is 10.6 Å². The molecule has 8 aromatic heterocycles. The van der Waals surface area contributed by atoms with E-state index in [9.17, 15) is 58.0 Å². The van der Waals surface area contributed by atoms with Gasteiger partial charge in [-0.25, -0.2) is 73.5 Å². The van der Waals surface area contributed by atoms with Gasteiger partial charge in [-0.05, 0) is 176 Å². The summed E-state index contributed by atoms with van der Waals surface area (Å²) in [6.45, 7) is 19.4. The van der Waals surface area contributed by atoms with Gasteiger partial charge in [0.25, 0.3) is 23.6 Å². The molecular formula is C89H109N17O13S4. The van der Waals surface area contributed by atoms with Crippen molar-refractivity contribution < 1.29 is 59.4 Å². The quantitative estimate of drug-likeness (QED) is 0.0351. The van der Waals surface area contributed by atoms with Gasteiger partial charge in [-0.1, -0.05) is 87.1 Å². The molecule has 1 saturated heterocycles. The number of H-pyrrole nitrogens is 4. The van der Waals surface area contributed by atoms with Gasteiger partial charge in [-0.15, -0.1) is 0 Å². The fourth-order valence-corrected chi connectivity index (χ4v) is 19.5. The van der Waals surface area contributed by atoms with E-state index < -0.39 is 65.9 Å². The minimum absolute atomic E-state index is 0. The molecule has 34 heteroatoms. The Morgan fingerprint density at radius 1 is 0.447 bits per heavy atom. The Bertz CT molecular complexity index is 6300. The number of hydrogen-bond acceptors (Lipinski definition) is 22. The number of benzene rings is 4. The lowest BCUT2D eigenvalue weighted by Gasteiger charge is -2.33. The molecule has 1 aliphatic heterocycles. The maximum Gasteiger partial charge on any atom is 0.257 e. The lowest BCUT2D eigenvalue weighted by molar-refractivity contribution is 0.00526. The number of aliphatic hydroxyl groups is 1. The predicted octanol–water partition coefficient (Wildman–Crippen LogP) is 13.8. The smallest absolute Gasteiger partial charge is 0.257 e. The van der Waals surface area contributed by atoms with Crippen LogP contribution in [0.2, 0.25) is 0 Å². The minimum Gasteiger partial charge on any atom is -0.388 e. The molecule has 123 heavy (non-hydrogen) atoms. The third-order valence-electron chi connectivity index (χ3n) is 23.3. The molecule has 30 nitrogen and oxygen atoms in total. The van der Waals surface area contributed by atoms with E-state index in [2.05, 4.69) is 77.4 Å². The summed E-state index contributed by atoms with van der Waals surface area (Å²) in [5.74, 6) is -0.539. The van der Waals surface area contributed by atoms with Crippen molar-refractivity contribution in [3.8, 4) is 45.0 Å². The van der Waals surface area contributed by atoms with Crippen LogP contribution in [0.1, 0.15) is 195 Å². The molecule has 7 N–H and O–H groups in total. The van der Waals surface area contributed by atoms with Crippen molar-refractivity contribution in [3.05, 3.63) is 169 Å². The highest BCUT2D eigenvalue weighted by atomic mass is 32.2. The molecule has 0 spiro atoms. The van der Waals surface area contributed by atoms with Gasteiger partial charge in [0.1, 0.15) is 22.1 Å². The number of nitrogens with one attached hydrogen (secondary N) is 6. The summed E-state index contributed by atoms with van der Waals surface area (Å²) in [6.07, 6.45) is 27.2. The van der Waals surface area contributed by atoms with E-state index in [4.69, 9.17) is 4.98 Å². The van der Waals surface area contributed by atoms with Crippen LogP contribution in [0.3, 0.4) is 0 Å². The lowest BCUT2D eigenvalue weighted by Crippen LogP contribution is -2.44. The molecule has 3 aliphatic carbocycles. The highest BCUT2D eigenvalue weighted by Crippen LogP contribution is 2.34. The van der Waals surface area contributed by atoms with E-state index in [1.165, 1.54) is 6.42 Å². The molecule has 4 aliphatic rings. The third kappa shape index (κ3) is 20.1. The van der Waals surface area contributed by atoms with Crippen LogP contribution in [-0.4, -0.2) is 222 Å². The first-order chi connectivity index (χ1) is 58.6. The summed E-state index contributed by atoms with van der Waals surface area (Å²) < 4.78 is 98.7. The van der Waals surface area contributed by atoms with Crippen LogP contribution >= 0.6 is 0 Å². The molecule has 9 heterocycles. The van der Waals surface area contributed by atoms with E-state index in [1.807, 2.05) is 16.7 Å². The van der Waals surface area contributed by atoms with Crippen LogP contribution in [0.4, 0.5) is 0 Å². The maximum absolute atomic E-state index is 13.4. The summed E-state index contributed by atoms with van der Waals surface area (Å²) in [5.41, 5.74) is 10.4. The van der Waals surface area contributed by atoms with Gasteiger partial charge >= 0.3 is 0 Å². The molecule has 4 amide bonds. The normalized spacial score (nSPS) is 15.7. The number of nitrogens with zero attached hydrogens (tertiary/aromatic N) is 11.